The number of aliphatic hydroxyl groups excluding tert-OH is 2. The van der Waals surface area contributed by atoms with Gasteiger partial charge in [0.1, 0.15) is 12.7 Å². The molecule has 178 valence electrons. The Bertz CT molecular complexity index is 481. The summed E-state index contributed by atoms with van der Waals surface area (Å²) in [6, 6.07) is 0. The Morgan fingerprint density at radius 2 is 1.27 bits per heavy atom. The van der Waals surface area contributed by atoms with Crippen molar-refractivity contribution in [3.05, 3.63) is 0 Å². The van der Waals surface area contributed by atoms with Crippen LogP contribution in [-0.2, 0) is 41.9 Å². The van der Waals surface area contributed by atoms with Crippen molar-refractivity contribution in [1.29, 1.82) is 0 Å². The first-order valence-electron chi connectivity index (χ1n) is 10.1. The number of ketones is 1. The fraction of sp³-hybridized carbons (Fsp3) is 0.889. The smallest absolute Gasteiger partial charge is 0.457 e. The molecule has 0 radical (unpaired) electrons. The minimum Gasteiger partial charge on any atom is -0.457 e. The van der Waals surface area contributed by atoms with Crippen LogP contribution in [0.2, 0.25) is 0 Å². The minimum absolute atomic E-state index is 0.0291. The number of rotatable bonds is 21. The molecule has 0 aromatic rings. The summed E-state index contributed by atoms with van der Waals surface area (Å²) < 4.78 is 43.4. The van der Waals surface area contributed by atoms with Crippen LogP contribution in [0, 0.1) is 0 Å². The zero-order valence-electron chi connectivity index (χ0n) is 17.8. The number of carbonyl (C=O) groups is 2. The van der Waals surface area contributed by atoms with Gasteiger partial charge in [-0.2, -0.15) is 0 Å². The SMILES string of the molecule is CCCCOCCOP(=O)(OCCOCCCC)OCCOC(=O)C(=O)C(O)CO. The first-order valence-corrected chi connectivity index (χ1v) is 11.5. The Hall–Kier alpha value is -0.910. The van der Waals surface area contributed by atoms with Crippen LogP contribution >= 0.6 is 7.82 Å². The van der Waals surface area contributed by atoms with Crippen LogP contribution in [-0.4, -0.2) is 87.5 Å². The Labute approximate surface area is 177 Å². The number of aliphatic hydroxyl groups is 2. The highest BCUT2D eigenvalue weighted by Gasteiger charge is 2.28. The average Bonchev–Trinajstić information content (AvgIpc) is 2.75. The monoisotopic (exact) mass is 458 g/mol. The summed E-state index contributed by atoms with van der Waals surface area (Å²) >= 11 is 0. The number of phosphoric ester groups is 1. The number of carbonyl (C=O) groups excluding carboxylic acids is 2. The van der Waals surface area contributed by atoms with Gasteiger partial charge in [-0.15, -0.1) is 0 Å². The quantitative estimate of drug-likeness (QED) is 0.111. The van der Waals surface area contributed by atoms with Gasteiger partial charge in [0.15, 0.2) is 0 Å². The number of unbranched alkanes of at least 4 members (excludes halogenated alkanes) is 2. The topological polar surface area (TPSA) is 147 Å². The van der Waals surface area contributed by atoms with Gasteiger partial charge >= 0.3 is 13.8 Å². The predicted octanol–water partition coefficient (Wildman–Crippen LogP) is 1.24. The van der Waals surface area contributed by atoms with E-state index < -0.39 is 38.9 Å². The molecule has 11 nitrogen and oxygen atoms in total. The predicted molar refractivity (Wildman–Crippen MR) is 106 cm³/mol. The molecule has 0 amide bonds. The second-order valence-corrected chi connectivity index (χ2v) is 7.75. The number of ether oxygens (including phenoxy) is 3. The second-order valence-electron chi connectivity index (χ2n) is 6.08. The molecule has 0 aliphatic heterocycles. The zero-order chi connectivity index (χ0) is 22.7. The lowest BCUT2D eigenvalue weighted by molar-refractivity contribution is -0.159. The van der Waals surface area contributed by atoms with Crippen LogP contribution in [0.25, 0.3) is 0 Å². The molecule has 0 aliphatic carbocycles. The molecule has 0 aromatic carbocycles. The third-order valence-corrected chi connectivity index (χ3v) is 4.98. The Morgan fingerprint density at radius 3 is 1.70 bits per heavy atom. The molecule has 0 saturated heterocycles. The van der Waals surface area contributed by atoms with Crippen molar-refractivity contribution in [3.63, 3.8) is 0 Å². The van der Waals surface area contributed by atoms with Crippen LogP contribution in [0.1, 0.15) is 39.5 Å². The summed E-state index contributed by atoms with van der Waals surface area (Å²) in [4.78, 5) is 22.7. The maximum atomic E-state index is 12.7. The lowest BCUT2D eigenvalue weighted by Gasteiger charge is -2.18. The van der Waals surface area contributed by atoms with E-state index in [4.69, 9.17) is 33.3 Å². The molecule has 0 aliphatic rings. The molecule has 0 bridgehead atoms. The second kappa shape index (κ2) is 18.8. The molecule has 0 saturated carbocycles. The van der Waals surface area contributed by atoms with Crippen LogP contribution in [0.3, 0.4) is 0 Å². The number of Topliss-reactive ketones (excluding diaryl/α,β-unsaturated/α-hetero) is 1. The summed E-state index contributed by atoms with van der Waals surface area (Å²) in [6.45, 7) is 3.81. The van der Waals surface area contributed by atoms with Crippen molar-refractivity contribution in [2.75, 3.05) is 59.5 Å². The molecule has 0 fully saturated rings. The lowest BCUT2D eigenvalue weighted by Crippen LogP contribution is -2.33. The normalized spacial score (nSPS) is 12.7. The molecule has 0 rings (SSSR count). The third kappa shape index (κ3) is 15.0. The van der Waals surface area contributed by atoms with E-state index in [1.807, 2.05) is 13.8 Å². The molecule has 0 spiro atoms. The molecule has 0 aromatic heterocycles. The number of esters is 1. The van der Waals surface area contributed by atoms with Gasteiger partial charge in [0.25, 0.3) is 5.78 Å². The van der Waals surface area contributed by atoms with Crippen molar-refractivity contribution in [1.82, 2.24) is 0 Å². The largest absolute Gasteiger partial charge is 0.475 e. The van der Waals surface area contributed by atoms with Gasteiger partial charge in [-0.05, 0) is 12.8 Å². The first kappa shape index (κ1) is 29.1. The molecule has 12 heteroatoms. The summed E-state index contributed by atoms with van der Waals surface area (Å²) in [5.74, 6) is -2.63. The highest BCUT2D eigenvalue weighted by atomic mass is 31.2. The highest BCUT2D eigenvalue weighted by Crippen LogP contribution is 2.49. The number of phosphoric acid groups is 1. The van der Waals surface area contributed by atoms with E-state index in [9.17, 15) is 14.2 Å². The van der Waals surface area contributed by atoms with Gasteiger partial charge in [0.05, 0.1) is 39.6 Å². The summed E-state index contributed by atoms with van der Waals surface area (Å²) in [5.41, 5.74) is 0. The fourth-order valence-corrected chi connectivity index (χ4v) is 2.92. The molecular weight excluding hydrogens is 423 g/mol. The van der Waals surface area contributed by atoms with E-state index >= 15 is 0 Å². The van der Waals surface area contributed by atoms with E-state index in [2.05, 4.69) is 4.74 Å². The first-order chi connectivity index (χ1) is 14.4. The summed E-state index contributed by atoms with van der Waals surface area (Å²) in [6.07, 6.45) is 1.92. The third-order valence-electron chi connectivity index (χ3n) is 3.48. The van der Waals surface area contributed by atoms with Crippen molar-refractivity contribution in [2.24, 2.45) is 0 Å². The van der Waals surface area contributed by atoms with Gasteiger partial charge in [-0.3, -0.25) is 18.4 Å². The minimum atomic E-state index is -3.96. The van der Waals surface area contributed by atoms with Crippen molar-refractivity contribution >= 4 is 19.6 Å². The lowest BCUT2D eigenvalue weighted by atomic mass is 10.2. The summed E-state index contributed by atoms with van der Waals surface area (Å²) in [7, 11) is -3.96. The number of hydrogen-bond donors (Lipinski definition) is 2. The summed E-state index contributed by atoms with van der Waals surface area (Å²) in [5, 5.41) is 17.7. The van der Waals surface area contributed by atoms with Gasteiger partial charge in [-0.25, -0.2) is 9.36 Å². The van der Waals surface area contributed by atoms with E-state index in [1.165, 1.54) is 0 Å². The van der Waals surface area contributed by atoms with Crippen molar-refractivity contribution < 1.29 is 52.1 Å². The zero-order valence-corrected chi connectivity index (χ0v) is 18.7. The molecule has 0 heterocycles. The standard InChI is InChI=1S/C18H35O11P/c1-3-5-7-24-9-12-27-30(23,28-13-10-25-8-6-4-2)29-14-11-26-18(22)17(21)16(20)15-19/h16,19-20H,3-15H2,1-2H3. The van der Waals surface area contributed by atoms with Crippen molar-refractivity contribution in [3.8, 4) is 0 Å². The Morgan fingerprint density at radius 1 is 0.800 bits per heavy atom. The molecule has 2 N–H and O–H groups in total. The van der Waals surface area contributed by atoms with E-state index in [0.717, 1.165) is 25.7 Å². The van der Waals surface area contributed by atoms with Crippen LogP contribution in [0.15, 0.2) is 0 Å². The van der Waals surface area contributed by atoms with Crippen LogP contribution in [0.5, 0.6) is 0 Å². The van der Waals surface area contributed by atoms with Crippen LogP contribution < -0.4 is 0 Å². The van der Waals surface area contributed by atoms with E-state index in [1.54, 1.807) is 0 Å². The molecule has 1 atom stereocenters. The van der Waals surface area contributed by atoms with Gasteiger partial charge in [0.2, 0.25) is 0 Å². The molecule has 30 heavy (non-hydrogen) atoms. The Kier molecular flexibility index (Phi) is 18.3. The maximum absolute atomic E-state index is 12.7. The highest BCUT2D eigenvalue weighted by molar-refractivity contribution is 7.48. The van der Waals surface area contributed by atoms with E-state index in [0.29, 0.717) is 13.2 Å². The van der Waals surface area contributed by atoms with Crippen molar-refractivity contribution in [2.45, 2.75) is 45.6 Å². The average molecular weight is 458 g/mol. The molecular formula is C18H35O11P. The van der Waals surface area contributed by atoms with E-state index in [-0.39, 0.29) is 33.0 Å². The van der Waals surface area contributed by atoms with Gasteiger partial charge in [-0.1, -0.05) is 26.7 Å². The van der Waals surface area contributed by atoms with Gasteiger partial charge in [0, 0.05) is 13.2 Å². The van der Waals surface area contributed by atoms with Crippen LogP contribution in [0.4, 0.5) is 0 Å². The Balaban J connectivity index is 4.36. The molecule has 1 unspecified atom stereocenters. The van der Waals surface area contributed by atoms with Gasteiger partial charge < -0.3 is 24.4 Å². The maximum Gasteiger partial charge on any atom is 0.475 e. The fourth-order valence-electron chi connectivity index (χ4n) is 1.80. The number of hydrogen-bond acceptors (Lipinski definition) is 11.